The molecule has 4 heteroatoms. The zero-order valence-corrected chi connectivity index (χ0v) is 11.5. The first-order valence-corrected chi connectivity index (χ1v) is 7.51. The number of rotatable bonds is 3. The molecule has 1 aliphatic carbocycles. The van der Waals surface area contributed by atoms with Crippen LogP contribution in [0.15, 0.2) is 18.3 Å². The Morgan fingerprint density at radius 2 is 2.00 bits per heavy atom. The molecular weight excluding hydrogens is 236 g/mol. The van der Waals surface area contributed by atoms with Crippen LogP contribution in [-0.2, 0) is 0 Å². The van der Waals surface area contributed by atoms with Gasteiger partial charge in [-0.3, -0.25) is 4.90 Å². The smallest absolute Gasteiger partial charge is 0.128 e. The molecule has 0 radical (unpaired) electrons. The van der Waals surface area contributed by atoms with Crippen molar-refractivity contribution in [3.63, 3.8) is 0 Å². The number of hydrogen-bond donors (Lipinski definition) is 2. The fraction of sp³-hybridized carbons (Fsp3) is 0.667. The molecule has 104 valence electrons. The third-order valence-electron chi connectivity index (χ3n) is 4.58. The normalized spacial score (nSPS) is 23.6. The molecule has 1 aliphatic heterocycles. The van der Waals surface area contributed by atoms with Crippen molar-refractivity contribution in [2.24, 2.45) is 5.92 Å². The van der Waals surface area contributed by atoms with Gasteiger partial charge in [0.2, 0.25) is 0 Å². The van der Waals surface area contributed by atoms with Gasteiger partial charge in [-0.05, 0) is 24.8 Å². The summed E-state index contributed by atoms with van der Waals surface area (Å²) >= 11 is 0. The molecule has 2 aliphatic rings. The molecule has 0 bridgehead atoms. The van der Waals surface area contributed by atoms with Crippen LogP contribution in [0.5, 0.6) is 0 Å². The van der Waals surface area contributed by atoms with Gasteiger partial charge in [0, 0.05) is 44.0 Å². The summed E-state index contributed by atoms with van der Waals surface area (Å²) in [4.78, 5) is 6.91. The minimum atomic E-state index is 0.471. The number of nitrogens with two attached hydrogens (primary N) is 1. The highest BCUT2D eigenvalue weighted by Crippen LogP contribution is 2.40. The second-order valence-corrected chi connectivity index (χ2v) is 5.75. The van der Waals surface area contributed by atoms with Crippen molar-refractivity contribution in [1.82, 2.24) is 15.2 Å². The van der Waals surface area contributed by atoms with Gasteiger partial charge in [-0.1, -0.05) is 18.9 Å². The highest BCUT2D eigenvalue weighted by atomic mass is 15.2. The van der Waals surface area contributed by atoms with Crippen molar-refractivity contribution < 1.29 is 0 Å². The molecule has 1 aromatic rings. The first-order chi connectivity index (χ1) is 9.36. The van der Waals surface area contributed by atoms with Crippen LogP contribution in [0.1, 0.15) is 37.3 Å². The predicted octanol–water partition coefficient (Wildman–Crippen LogP) is 1.80. The summed E-state index contributed by atoms with van der Waals surface area (Å²) in [5.74, 6) is 1.47. The van der Waals surface area contributed by atoms with E-state index >= 15 is 0 Å². The second kappa shape index (κ2) is 5.88. The molecular formula is C15H24N4. The minimum Gasteiger partial charge on any atom is -0.383 e. The van der Waals surface area contributed by atoms with Crippen LogP contribution in [0.3, 0.4) is 0 Å². The molecule has 1 saturated carbocycles. The van der Waals surface area contributed by atoms with E-state index < -0.39 is 0 Å². The lowest BCUT2D eigenvalue weighted by Gasteiger charge is -2.38. The first-order valence-electron chi connectivity index (χ1n) is 7.51. The zero-order valence-electron chi connectivity index (χ0n) is 11.5. The van der Waals surface area contributed by atoms with Gasteiger partial charge in [0.1, 0.15) is 5.82 Å². The van der Waals surface area contributed by atoms with Crippen LogP contribution in [0, 0.1) is 5.92 Å². The number of pyridine rings is 1. The summed E-state index contributed by atoms with van der Waals surface area (Å²) in [6, 6.07) is 4.67. The SMILES string of the molecule is Nc1ncccc1[C@@H](C1CCCC1)N1CCNCC1. The van der Waals surface area contributed by atoms with E-state index in [2.05, 4.69) is 21.3 Å². The Kier molecular flexibility index (Phi) is 3.99. The highest BCUT2D eigenvalue weighted by Gasteiger charge is 2.33. The first kappa shape index (κ1) is 12.9. The lowest BCUT2D eigenvalue weighted by atomic mass is 9.90. The van der Waals surface area contributed by atoms with E-state index in [1.165, 1.54) is 31.2 Å². The number of anilines is 1. The molecule has 0 unspecified atom stereocenters. The standard InChI is InChI=1S/C15H24N4/c16-15-13(6-3-7-18-15)14(12-4-1-2-5-12)19-10-8-17-9-11-19/h3,6-7,12,14,17H,1-2,4-5,8-11H2,(H2,16,18)/t14-/m1/s1. The fourth-order valence-electron chi connectivity index (χ4n) is 3.66. The van der Waals surface area contributed by atoms with Gasteiger partial charge < -0.3 is 11.1 Å². The Morgan fingerprint density at radius 1 is 1.26 bits per heavy atom. The fourth-order valence-corrected chi connectivity index (χ4v) is 3.66. The summed E-state index contributed by atoms with van der Waals surface area (Å²) in [5.41, 5.74) is 7.39. The third-order valence-corrected chi connectivity index (χ3v) is 4.58. The zero-order chi connectivity index (χ0) is 13.1. The van der Waals surface area contributed by atoms with E-state index in [1.807, 2.05) is 6.07 Å². The topological polar surface area (TPSA) is 54.2 Å². The van der Waals surface area contributed by atoms with Crippen molar-refractivity contribution in [3.8, 4) is 0 Å². The summed E-state index contributed by atoms with van der Waals surface area (Å²) in [5, 5.41) is 3.44. The van der Waals surface area contributed by atoms with Gasteiger partial charge >= 0.3 is 0 Å². The lowest BCUT2D eigenvalue weighted by molar-refractivity contribution is 0.126. The van der Waals surface area contributed by atoms with Gasteiger partial charge in [0.15, 0.2) is 0 Å². The number of piperazine rings is 1. The lowest BCUT2D eigenvalue weighted by Crippen LogP contribution is -2.46. The molecule has 1 aromatic heterocycles. The number of nitrogens with one attached hydrogen (secondary N) is 1. The Morgan fingerprint density at radius 3 is 2.68 bits per heavy atom. The van der Waals surface area contributed by atoms with Crippen LogP contribution in [0.25, 0.3) is 0 Å². The maximum Gasteiger partial charge on any atom is 0.128 e. The number of nitrogen functional groups attached to an aromatic ring is 1. The van der Waals surface area contributed by atoms with Gasteiger partial charge in [-0.25, -0.2) is 4.98 Å². The number of aromatic nitrogens is 1. The van der Waals surface area contributed by atoms with Gasteiger partial charge in [-0.2, -0.15) is 0 Å². The maximum absolute atomic E-state index is 6.14. The molecule has 0 aromatic carbocycles. The number of hydrogen-bond acceptors (Lipinski definition) is 4. The van der Waals surface area contributed by atoms with Crippen LogP contribution < -0.4 is 11.1 Å². The minimum absolute atomic E-state index is 0.471. The Labute approximate surface area is 115 Å². The summed E-state index contributed by atoms with van der Waals surface area (Å²) in [6.07, 6.45) is 7.20. The maximum atomic E-state index is 6.14. The molecule has 0 spiro atoms. The third kappa shape index (κ3) is 2.74. The van der Waals surface area contributed by atoms with Crippen LogP contribution in [0.4, 0.5) is 5.82 Å². The quantitative estimate of drug-likeness (QED) is 0.870. The van der Waals surface area contributed by atoms with Gasteiger partial charge in [-0.15, -0.1) is 0 Å². The molecule has 1 atom stereocenters. The van der Waals surface area contributed by atoms with E-state index in [1.54, 1.807) is 6.20 Å². The van der Waals surface area contributed by atoms with Gasteiger partial charge in [0.25, 0.3) is 0 Å². The molecule has 2 fully saturated rings. The molecule has 2 heterocycles. The van der Waals surface area contributed by atoms with Crippen LogP contribution in [-0.4, -0.2) is 36.1 Å². The molecule has 4 nitrogen and oxygen atoms in total. The summed E-state index contributed by atoms with van der Waals surface area (Å²) in [7, 11) is 0. The Hall–Kier alpha value is -1.13. The highest BCUT2D eigenvalue weighted by molar-refractivity contribution is 5.41. The molecule has 0 amide bonds. The molecule has 3 N–H and O–H groups in total. The molecule has 19 heavy (non-hydrogen) atoms. The van der Waals surface area contributed by atoms with Gasteiger partial charge in [0.05, 0.1) is 0 Å². The van der Waals surface area contributed by atoms with Crippen molar-refractivity contribution in [1.29, 1.82) is 0 Å². The summed E-state index contributed by atoms with van der Waals surface area (Å²) < 4.78 is 0. The van der Waals surface area contributed by atoms with Crippen LogP contribution >= 0.6 is 0 Å². The Bertz CT molecular complexity index is 408. The Balaban J connectivity index is 1.88. The predicted molar refractivity (Wildman–Crippen MR) is 77.8 cm³/mol. The summed E-state index contributed by atoms with van der Waals surface area (Å²) in [6.45, 7) is 4.41. The average Bonchev–Trinajstić information content (AvgIpc) is 2.96. The second-order valence-electron chi connectivity index (χ2n) is 5.75. The van der Waals surface area contributed by atoms with Crippen molar-refractivity contribution >= 4 is 5.82 Å². The van der Waals surface area contributed by atoms with E-state index in [-0.39, 0.29) is 0 Å². The van der Waals surface area contributed by atoms with Crippen LogP contribution in [0.2, 0.25) is 0 Å². The van der Waals surface area contributed by atoms with E-state index in [0.29, 0.717) is 6.04 Å². The van der Waals surface area contributed by atoms with E-state index in [4.69, 9.17) is 5.73 Å². The molecule has 1 saturated heterocycles. The largest absolute Gasteiger partial charge is 0.383 e. The van der Waals surface area contributed by atoms with E-state index in [0.717, 1.165) is 37.9 Å². The van der Waals surface area contributed by atoms with Crippen molar-refractivity contribution in [2.45, 2.75) is 31.7 Å². The van der Waals surface area contributed by atoms with Crippen molar-refractivity contribution in [3.05, 3.63) is 23.9 Å². The van der Waals surface area contributed by atoms with Crippen molar-refractivity contribution in [2.75, 3.05) is 31.9 Å². The monoisotopic (exact) mass is 260 g/mol. The average molecular weight is 260 g/mol. The van der Waals surface area contributed by atoms with E-state index in [9.17, 15) is 0 Å². The molecule has 3 rings (SSSR count). The number of nitrogens with zero attached hydrogens (tertiary/aromatic N) is 2.